The fraction of sp³-hybridized carbons (Fsp3) is 0.231. The molecule has 1 aliphatic carbocycles. The summed E-state index contributed by atoms with van der Waals surface area (Å²) in [6.45, 7) is 0. The van der Waals surface area contributed by atoms with Crippen molar-refractivity contribution >= 4 is 17.3 Å². The monoisotopic (exact) mass is 262 g/mol. The average molecular weight is 262 g/mol. The number of nitrogens with zero attached hydrogens (tertiary/aromatic N) is 2. The molecule has 1 aromatic heterocycles. The first kappa shape index (κ1) is 11.8. The fourth-order valence-electron chi connectivity index (χ4n) is 1.81. The van der Waals surface area contributed by atoms with Crippen LogP contribution in [-0.4, -0.2) is 9.97 Å². The van der Waals surface area contributed by atoms with Crippen LogP contribution in [0.2, 0.25) is 0 Å². The molecule has 1 heterocycles. The van der Waals surface area contributed by atoms with E-state index >= 15 is 0 Å². The van der Waals surface area contributed by atoms with Crippen molar-refractivity contribution in [3.63, 3.8) is 0 Å². The second-order valence-corrected chi connectivity index (χ2v) is 4.54. The Morgan fingerprint density at radius 2 is 2.00 bits per heavy atom. The van der Waals surface area contributed by atoms with Crippen molar-refractivity contribution in [1.82, 2.24) is 9.97 Å². The van der Waals surface area contributed by atoms with Crippen LogP contribution >= 0.6 is 0 Å². The number of nitrogen functional groups attached to an aromatic ring is 1. The van der Waals surface area contributed by atoms with Gasteiger partial charge in [-0.2, -0.15) is 0 Å². The van der Waals surface area contributed by atoms with Gasteiger partial charge in [0.15, 0.2) is 11.6 Å². The summed E-state index contributed by atoms with van der Waals surface area (Å²) in [7, 11) is 0. The zero-order valence-corrected chi connectivity index (χ0v) is 10.0. The summed E-state index contributed by atoms with van der Waals surface area (Å²) in [5.74, 6) is -0.169. The summed E-state index contributed by atoms with van der Waals surface area (Å²) in [5, 5.41) is 2.73. The summed E-state index contributed by atoms with van der Waals surface area (Å²) in [6, 6.07) is 5.42. The van der Waals surface area contributed by atoms with Crippen LogP contribution in [0.5, 0.6) is 0 Å². The molecule has 3 rings (SSSR count). The number of hydrogen-bond acceptors (Lipinski definition) is 4. The van der Waals surface area contributed by atoms with Crippen molar-refractivity contribution in [2.24, 2.45) is 0 Å². The van der Waals surface area contributed by atoms with E-state index in [2.05, 4.69) is 15.3 Å². The molecule has 0 atom stereocenters. The van der Waals surface area contributed by atoms with E-state index in [0.29, 0.717) is 23.4 Å². The number of nitrogens with one attached hydrogen (secondary N) is 1. The van der Waals surface area contributed by atoms with E-state index in [1.807, 2.05) is 0 Å². The van der Waals surface area contributed by atoms with Gasteiger partial charge in [0.25, 0.3) is 0 Å². The van der Waals surface area contributed by atoms with Crippen LogP contribution < -0.4 is 11.1 Å². The summed E-state index contributed by atoms with van der Waals surface area (Å²) in [5.41, 5.74) is 5.72. The standard InChI is InChI=1S/C13H12F2N4/c14-8-2-1-3-9(12(8)15)17-11-6-10(16)18-13(19-11)7-4-5-7/h1-3,6-7H,4-5H2,(H3,16,17,18,19). The number of aromatic nitrogens is 2. The molecule has 19 heavy (non-hydrogen) atoms. The van der Waals surface area contributed by atoms with Gasteiger partial charge in [-0.1, -0.05) is 6.07 Å². The third kappa shape index (κ3) is 2.47. The van der Waals surface area contributed by atoms with E-state index in [0.717, 1.165) is 18.9 Å². The van der Waals surface area contributed by atoms with Gasteiger partial charge in [0.1, 0.15) is 17.5 Å². The topological polar surface area (TPSA) is 63.8 Å². The van der Waals surface area contributed by atoms with Gasteiger partial charge in [-0.15, -0.1) is 0 Å². The molecule has 1 aliphatic rings. The number of halogens is 2. The zero-order valence-electron chi connectivity index (χ0n) is 10.0. The number of nitrogens with two attached hydrogens (primary N) is 1. The fourth-order valence-corrected chi connectivity index (χ4v) is 1.81. The molecule has 0 spiro atoms. The Morgan fingerprint density at radius 1 is 1.21 bits per heavy atom. The number of hydrogen-bond donors (Lipinski definition) is 2. The Hall–Kier alpha value is -2.24. The summed E-state index contributed by atoms with van der Waals surface area (Å²) in [6.07, 6.45) is 2.08. The predicted molar refractivity (Wildman–Crippen MR) is 68.1 cm³/mol. The minimum absolute atomic E-state index is 0.0276. The molecular formula is C13H12F2N4. The van der Waals surface area contributed by atoms with Crippen LogP contribution in [0.15, 0.2) is 24.3 Å². The SMILES string of the molecule is Nc1cc(Nc2cccc(F)c2F)nc(C2CC2)n1. The molecule has 0 unspecified atom stereocenters. The van der Waals surface area contributed by atoms with Gasteiger partial charge in [-0.25, -0.2) is 18.7 Å². The number of benzene rings is 1. The molecule has 1 saturated carbocycles. The molecule has 98 valence electrons. The van der Waals surface area contributed by atoms with Crippen molar-refractivity contribution in [3.8, 4) is 0 Å². The predicted octanol–water partition coefficient (Wildman–Crippen LogP) is 2.96. The van der Waals surface area contributed by atoms with Gasteiger partial charge in [-0.05, 0) is 25.0 Å². The van der Waals surface area contributed by atoms with Gasteiger partial charge < -0.3 is 11.1 Å². The van der Waals surface area contributed by atoms with Crippen molar-refractivity contribution in [2.45, 2.75) is 18.8 Å². The van der Waals surface area contributed by atoms with Gasteiger partial charge >= 0.3 is 0 Å². The van der Waals surface area contributed by atoms with Gasteiger partial charge in [0.05, 0.1) is 5.69 Å². The third-order valence-corrected chi connectivity index (χ3v) is 2.92. The van der Waals surface area contributed by atoms with Crippen molar-refractivity contribution in [1.29, 1.82) is 0 Å². The Kier molecular flexibility index (Phi) is 2.77. The molecule has 0 saturated heterocycles. The van der Waals surface area contributed by atoms with E-state index in [1.165, 1.54) is 18.2 Å². The molecule has 0 bridgehead atoms. The second-order valence-electron chi connectivity index (χ2n) is 4.54. The lowest BCUT2D eigenvalue weighted by Gasteiger charge is -2.09. The Bertz CT molecular complexity index is 626. The summed E-state index contributed by atoms with van der Waals surface area (Å²) < 4.78 is 26.7. The van der Waals surface area contributed by atoms with Crippen molar-refractivity contribution < 1.29 is 8.78 Å². The molecule has 2 aromatic rings. The maximum absolute atomic E-state index is 13.5. The van der Waals surface area contributed by atoms with E-state index < -0.39 is 11.6 Å². The molecule has 1 fully saturated rings. The highest BCUT2D eigenvalue weighted by atomic mass is 19.2. The first-order valence-electron chi connectivity index (χ1n) is 5.99. The third-order valence-electron chi connectivity index (χ3n) is 2.92. The molecule has 0 amide bonds. The molecule has 4 nitrogen and oxygen atoms in total. The lowest BCUT2D eigenvalue weighted by Crippen LogP contribution is -2.04. The van der Waals surface area contributed by atoms with Crippen LogP contribution in [-0.2, 0) is 0 Å². The van der Waals surface area contributed by atoms with E-state index in [9.17, 15) is 8.78 Å². The lowest BCUT2D eigenvalue weighted by molar-refractivity contribution is 0.511. The highest BCUT2D eigenvalue weighted by Gasteiger charge is 2.27. The average Bonchev–Trinajstić information content (AvgIpc) is 3.18. The van der Waals surface area contributed by atoms with E-state index in [4.69, 9.17) is 5.73 Å². The van der Waals surface area contributed by atoms with Gasteiger partial charge in [-0.3, -0.25) is 0 Å². The van der Waals surface area contributed by atoms with Gasteiger partial charge in [0.2, 0.25) is 0 Å². The van der Waals surface area contributed by atoms with E-state index in [1.54, 1.807) is 0 Å². The quantitative estimate of drug-likeness (QED) is 0.892. The Balaban J connectivity index is 1.92. The smallest absolute Gasteiger partial charge is 0.182 e. The van der Waals surface area contributed by atoms with Gasteiger partial charge in [0, 0.05) is 12.0 Å². The van der Waals surface area contributed by atoms with Crippen molar-refractivity contribution in [3.05, 3.63) is 41.7 Å². The normalized spacial score (nSPS) is 14.4. The maximum atomic E-state index is 13.5. The number of rotatable bonds is 3. The van der Waals surface area contributed by atoms with Crippen LogP contribution in [0.4, 0.5) is 26.1 Å². The maximum Gasteiger partial charge on any atom is 0.182 e. The van der Waals surface area contributed by atoms with Crippen LogP contribution in [0.3, 0.4) is 0 Å². The molecule has 6 heteroatoms. The first-order valence-corrected chi connectivity index (χ1v) is 5.99. The minimum Gasteiger partial charge on any atom is -0.384 e. The molecule has 1 aromatic carbocycles. The Morgan fingerprint density at radius 3 is 2.74 bits per heavy atom. The van der Waals surface area contributed by atoms with Crippen LogP contribution in [0.25, 0.3) is 0 Å². The summed E-state index contributed by atoms with van der Waals surface area (Å²) in [4.78, 5) is 8.41. The largest absolute Gasteiger partial charge is 0.384 e. The highest BCUT2D eigenvalue weighted by Crippen LogP contribution is 2.38. The molecular weight excluding hydrogens is 250 g/mol. The first-order chi connectivity index (χ1) is 9.13. The Labute approximate surface area is 108 Å². The van der Waals surface area contributed by atoms with Crippen molar-refractivity contribution in [2.75, 3.05) is 11.1 Å². The molecule has 0 aliphatic heterocycles. The zero-order chi connectivity index (χ0) is 13.4. The van der Waals surface area contributed by atoms with Crippen LogP contribution in [0.1, 0.15) is 24.6 Å². The minimum atomic E-state index is -0.937. The highest BCUT2D eigenvalue weighted by molar-refractivity contribution is 5.59. The summed E-state index contributed by atoms with van der Waals surface area (Å²) >= 11 is 0. The van der Waals surface area contributed by atoms with Crippen LogP contribution in [0, 0.1) is 11.6 Å². The molecule has 0 radical (unpaired) electrons. The second kappa shape index (κ2) is 4.46. The number of anilines is 3. The molecule has 3 N–H and O–H groups in total. The van der Waals surface area contributed by atoms with E-state index in [-0.39, 0.29) is 5.69 Å². The lowest BCUT2D eigenvalue weighted by atomic mass is 10.3.